The lowest BCUT2D eigenvalue weighted by Crippen LogP contribution is -2.41. The summed E-state index contributed by atoms with van der Waals surface area (Å²) in [6, 6.07) is 2.12. The summed E-state index contributed by atoms with van der Waals surface area (Å²) in [5.41, 5.74) is 5.10. The third-order valence-electron chi connectivity index (χ3n) is 1.94. The first kappa shape index (κ1) is 8.02. The Morgan fingerprint density at radius 1 is 1.64 bits per heavy atom. The van der Waals surface area contributed by atoms with Gasteiger partial charge in [0.25, 0.3) is 0 Å². The van der Waals surface area contributed by atoms with E-state index >= 15 is 0 Å². The molecule has 1 rings (SSSR count). The first-order chi connectivity index (χ1) is 5.24. The normalized spacial score (nSPS) is 30.8. The Morgan fingerprint density at radius 2 is 2.36 bits per heavy atom. The van der Waals surface area contributed by atoms with Crippen LogP contribution in [-0.4, -0.2) is 19.0 Å². The van der Waals surface area contributed by atoms with Crippen LogP contribution in [0.4, 0.5) is 0 Å². The van der Waals surface area contributed by atoms with E-state index in [0.717, 1.165) is 0 Å². The van der Waals surface area contributed by atoms with Crippen molar-refractivity contribution in [1.29, 1.82) is 5.26 Å². The maximum atomic E-state index is 10.7. The molecular weight excluding hydrogens is 142 g/mol. The number of carbonyl (C=O) groups excluding carboxylic acids is 1. The van der Waals surface area contributed by atoms with Crippen LogP contribution in [0.2, 0.25) is 0 Å². The number of amides is 1. The fourth-order valence-corrected chi connectivity index (χ4v) is 1.26. The average molecular weight is 153 g/mol. The molecule has 1 saturated heterocycles. The van der Waals surface area contributed by atoms with Crippen molar-refractivity contribution in [2.75, 3.05) is 13.1 Å². The Kier molecular flexibility index (Phi) is 2.44. The van der Waals surface area contributed by atoms with Crippen LogP contribution < -0.4 is 11.1 Å². The van der Waals surface area contributed by atoms with E-state index in [4.69, 9.17) is 11.0 Å². The monoisotopic (exact) mass is 153 g/mol. The minimum atomic E-state index is -0.308. The predicted molar refractivity (Wildman–Crippen MR) is 39.3 cm³/mol. The van der Waals surface area contributed by atoms with Crippen molar-refractivity contribution in [2.24, 2.45) is 17.6 Å². The Balaban J connectivity index is 2.47. The highest BCUT2D eigenvalue weighted by molar-refractivity contribution is 5.77. The van der Waals surface area contributed by atoms with Gasteiger partial charge in [0.2, 0.25) is 5.91 Å². The van der Waals surface area contributed by atoms with Gasteiger partial charge in [-0.1, -0.05) is 0 Å². The summed E-state index contributed by atoms with van der Waals surface area (Å²) in [6.45, 7) is 1.30. The van der Waals surface area contributed by atoms with Crippen LogP contribution in [0.15, 0.2) is 0 Å². The Hall–Kier alpha value is -1.08. The second-order valence-electron chi connectivity index (χ2n) is 2.82. The van der Waals surface area contributed by atoms with Crippen molar-refractivity contribution in [3.63, 3.8) is 0 Å². The molecule has 0 aromatic rings. The van der Waals surface area contributed by atoms with E-state index in [9.17, 15) is 4.79 Å². The molecule has 0 aromatic carbocycles. The lowest BCUT2D eigenvalue weighted by molar-refractivity contribution is -0.122. The zero-order chi connectivity index (χ0) is 8.27. The van der Waals surface area contributed by atoms with Crippen molar-refractivity contribution < 1.29 is 4.79 Å². The molecule has 0 saturated carbocycles. The molecule has 4 nitrogen and oxygen atoms in total. The molecule has 11 heavy (non-hydrogen) atoms. The summed E-state index contributed by atoms with van der Waals surface area (Å²) >= 11 is 0. The van der Waals surface area contributed by atoms with Gasteiger partial charge >= 0.3 is 0 Å². The number of hydrogen-bond acceptors (Lipinski definition) is 3. The smallest absolute Gasteiger partial charge is 0.221 e. The van der Waals surface area contributed by atoms with Gasteiger partial charge in [0.1, 0.15) is 0 Å². The fraction of sp³-hybridized carbons (Fsp3) is 0.714. The quantitative estimate of drug-likeness (QED) is 0.518. The predicted octanol–water partition coefficient (Wildman–Crippen LogP) is -0.779. The van der Waals surface area contributed by atoms with Gasteiger partial charge in [-0.3, -0.25) is 4.79 Å². The zero-order valence-corrected chi connectivity index (χ0v) is 6.21. The lowest BCUT2D eigenvalue weighted by atomic mass is 9.91. The molecule has 0 bridgehead atoms. The molecule has 1 amide bonds. The SMILES string of the molecule is N#CC1CNCC(C(N)=O)C1. The molecule has 0 radical (unpaired) electrons. The van der Waals surface area contributed by atoms with E-state index in [1.54, 1.807) is 0 Å². The Bertz CT molecular complexity index is 196. The number of nitrogens with zero attached hydrogens (tertiary/aromatic N) is 1. The molecule has 3 N–H and O–H groups in total. The largest absolute Gasteiger partial charge is 0.369 e. The molecule has 1 aliphatic rings. The summed E-state index contributed by atoms with van der Waals surface area (Å²) in [4.78, 5) is 10.7. The number of nitriles is 1. The number of hydrogen-bond donors (Lipinski definition) is 2. The van der Waals surface area contributed by atoms with Gasteiger partial charge in [0, 0.05) is 13.1 Å². The number of nitrogens with one attached hydrogen (secondary N) is 1. The molecule has 0 aliphatic carbocycles. The van der Waals surface area contributed by atoms with E-state index in [1.165, 1.54) is 0 Å². The highest BCUT2D eigenvalue weighted by Crippen LogP contribution is 2.14. The second kappa shape index (κ2) is 3.35. The van der Waals surface area contributed by atoms with Crippen LogP contribution in [0.1, 0.15) is 6.42 Å². The van der Waals surface area contributed by atoms with Crippen LogP contribution in [0.5, 0.6) is 0 Å². The highest BCUT2D eigenvalue weighted by atomic mass is 16.1. The van der Waals surface area contributed by atoms with Crippen molar-refractivity contribution in [1.82, 2.24) is 5.32 Å². The highest BCUT2D eigenvalue weighted by Gasteiger charge is 2.24. The lowest BCUT2D eigenvalue weighted by Gasteiger charge is -2.23. The first-order valence-corrected chi connectivity index (χ1v) is 3.63. The minimum absolute atomic E-state index is 0.0544. The standard InChI is InChI=1S/C7H11N3O/c8-2-5-1-6(7(9)11)4-10-3-5/h5-6,10H,1,3-4H2,(H2,9,11). The Labute approximate surface area is 65.4 Å². The van der Waals surface area contributed by atoms with Crippen molar-refractivity contribution in [3.8, 4) is 6.07 Å². The summed E-state index contributed by atoms with van der Waals surface area (Å²) < 4.78 is 0. The summed E-state index contributed by atoms with van der Waals surface area (Å²) in [6.07, 6.45) is 0.610. The van der Waals surface area contributed by atoms with Gasteiger partial charge in [-0.2, -0.15) is 5.26 Å². The van der Waals surface area contributed by atoms with E-state index in [1.807, 2.05) is 0 Å². The molecule has 4 heteroatoms. The van der Waals surface area contributed by atoms with Gasteiger partial charge < -0.3 is 11.1 Å². The summed E-state index contributed by atoms with van der Waals surface area (Å²) in [7, 11) is 0. The molecule has 0 spiro atoms. The third-order valence-corrected chi connectivity index (χ3v) is 1.94. The van der Waals surface area contributed by atoms with Crippen molar-refractivity contribution in [2.45, 2.75) is 6.42 Å². The molecule has 1 fully saturated rings. The molecule has 2 atom stereocenters. The summed E-state index contributed by atoms with van der Waals surface area (Å²) in [5, 5.41) is 11.5. The molecule has 1 heterocycles. The van der Waals surface area contributed by atoms with Crippen molar-refractivity contribution >= 4 is 5.91 Å². The number of rotatable bonds is 1. The third kappa shape index (κ3) is 1.92. The number of carbonyl (C=O) groups is 1. The van der Waals surface area contributed by atoms with E-state index in [0.29, 0.717) is 19.5 Å². The molecule has 1 aliphatic heterocycles. The van der Waals surface area contributed by atoms with Crippen LogP contribution in [0.3, 0.4) is 0 Å². The molecule has 60 valence electrons. The second-order valence-corrected chi connectivity index (χ2v) is 2.82. The van der Waals surface area contributed by atoms with E-state index < -0.39 is 0 Å². The topological polar surface area (TPSA) is 78.9 Å². The van der Waals surface area contributed by atoms with Gasteiger partial charge in [0.05, 0.1) is 17.9 Å². The van der Waals surface area contributed by atoms with E-state index in [2.05, 4.69) is 11.4 Å². The number of piperidine rings is 1. The number of nitrogens with two attached hydrogens (primary N) is 1. The van der Waals surface area contributed by atoms with Crippen LogP contribution in [0.25, 0.3) is 0 Å². The zero-order valence-electron chi connectivity index (χ0n) is 6.21. The van der Waals surface area contributed by atoms with Gasteiger partial charge in [-0.15, -0.1) is 0 Å². The van der Waals surface area contributed by atoms with Gasteiger partial charge in [-0.25, -0.2) is 0 Å². The van der Waals surface area contributed by atoms with Crippen LogP contribution in [-0.2, 0) is 4.79 Å². The van der Waals surface area contributed by atoms with Crippen LogP contribution >= 0.6 is 0 Å². The minimum Gasteiger partial charge on any atom is -0.369 e. The molecular formula is C7H11N3O. The summed E-state index contributed by atoms with van der Waals surface area (Å²) in [5.74, 6) is -0.521. The molecule has 0 aromatic heterocycles. The van der Waals surface area contributed by atoms with Crippen LogP contribution in [0, 0.1) is 23.2 Å². The maximum Gasteiger partial charge on any atom is 0.221 e. The maximum absolute atomic E-state index is 10.7. The Morgan fingerprint density at radius 3 is 2.91 bits per heavy atom. The van der Waals surface area contributed by atoms with Crippen molar-refractivity contribution in [3.05, 3.63) is 0 Å². The number of primary amides is 1. The average Bonchev–Trinajstić information content (AvgIpc) is 2.05. The van der Waals surface area contributed by atoms with Gasteiger partial charge in [0.15, 0.2) is 0 Å². The molecule has 2 unspecified atom stereocenters. The van der Waals surface area contributed by atoms with E-state index in [-0.39, 0.29) is 17.7 Å². The first-order valence-electron chi connectivity index (χ1n) is 3.63. The van der Waals surface area contributed by atoms with Gasteiger partial charge in [-0.05, 0) is 6.42 Å². The fourth-order valence-electron chi connectivity index (χ4n) is 1.26.